The molecule has 3 aromatic rings. The summed E-state index contributed by atoms with van der Waals surface area (Å²) in [6.45, 7) is 3.23. The fraction of sp³-hybridized carbons (Fsp3) is 0.174. The van der Waals surface area contributed by atoms with E-state index in [4.69, 9.17) is 4.74 Å². The highest BCUT2D eigenvalue weighted by Crippen LogP contribution is 2.21. The largest absolute Gasteiger partial charge is 0.496 e. The van der Waals surface area contributed by atoms with Crippen molar-refractivity contribution in [2.24, 2.45) is 0 Å². The van der Waals surface area contributed by atoms with Crippen molar-refractivity contribution < 1.29 is 23.5 Å². The number of aromatic nitrogens is 1. The Labute approximate surface area is 184 Å². The Hall–Kier alpha value is -4.14. The summed E-state index contributed by atoms with van der Waals surface area (Å²) in [6.07, 6.45) is 0. The van der Waals surface area contributed by atoms with Crippen LogP contribution in [0, 0.1) is 19.7 Å². The van der Waals surface area contributed by atoms with Crippen LogP contribution in [0.2, 0.25) is 0 Å². The van der Waals surface area contributed by atoms with Crippen LogP contribution in [0.4, 0.5) is 4.39 Å². The molecule has 0 saturated carbocycles. The van der Waals surface area contributed by atoms with Gasteiger partial charge in [-0.1, -0.05) is 12.1 Å². The molecule has 0 aliphatic heterocycles. The van der Waals surface area contributed by atoms with Gasteiger partial charge in [-0.25, -0.2) is 4.39 Å². The van der Waals surface area contributed by atoms with Gasteiger partial charge in [-0.3, -0.25) is 25.2 Å². The SMILES string of the molecule is COc1ccccc1C(=O)NCC(=O)NNC(=O)c1cc(C)n(-c2ccc(F)cc2)c1C. The quantitative estimate of drug-likeness (QED) is 0.515. The minimum absolute atomic E-state index is 0.292. The smallest absolute Gasteiger partial charge is 0.271 e. The van der Waals surface area contributed by atoms with Gasteiger partial charge in [0.1, 0.15) is 11.6 Å². The first-order chi connectivity index (χ1) is 15.3. The van der Waals surface area contributed by atoms with Crippen molar-refractivity contribution in [1.29, 1.82) is 0 Å². The number of rotatable bonds is 6. The van der Waals surface area contributed by atoms with Crippen molar-refractivity contribution in [3.05, 3.63) is 82.9 Å². The maximum Gasteiger partial charge on any atom is 0.271 e. The Kier molecular flexibility index (Phi) is 6.89. The number of carbonyl (C=O) groups excluding carboxylic acids is 3. The molecule has 3 N–H and O–H groups in total. The minimum atomic E-state index is -0.603. The molecule has 32 heavy (non-hydrogen) atoms. The number of nitrogens with one attached hydrogen (secondary N) is 3. The number of ether oxygens (including phenoxy) is 1. The standard InChI is InChI=1S/C23H23FN4O4/c1-14-12-19(15(2)28(14)17-10-8-16(24)9-11-17)23(31)27-26-21(29)13-25-22(30)18-6-4-5-7-20(18)32-3/h4-12H,13H2,1-3H3,(H,25,30)(H,26,29)(H,27,31). The molecule has 0 fully saturated rings. The van der Waals surface area contributed by atoms with E-state index in [1.807, 2.05) is 11.5 Å². The number of hydrazine groups is 1. The highest BCUT2D eigenvalue weighted by molar-refractivity contribution is 6.00. The molecule has 2 aromatic carbocycles. The monoisotopic (exact) mass is 438 g/mol. The van der Waals surface area contributed by atoms with E-state index in [0.717, 1.165) is 5.69 Å². The van der Waals surface area contributed by atoms with Crippen molar-refractivity contribution in [2.45, 2.75) is 13.8 Å². The third kappa shape index (κ3) is 4.94. The molecule has 0 bridgehead atoms. The van der Waals surface area contributed by atoms with E-state index in [1.54, 1.807) is 49.4 Å². The molecule has 0 saturated heterocycles. The highest BCUT2D eigenvalue weighted by Gasteiger charge is 2.18. The van der Waals surface area contributed by atoms with Crippen LogP contribution in [0.5, 0.6) is 5.75 Å². The van der Waals surface area contributed by atoms with E-state index in [0.29, 0.717) is 28.3 Å². The Morgan fingerprint density at radius 3 is 2.31 bits per heavy atom. The number of carbonyl (C=O) groups is 3. The molecular weight excluding hydrogens is 415 g/mol. The number of hydrogen-bond donors (Lipinski definition) is 3. The topological polar surface area (TPSA) is 101 Å². The average molecular weight is 438 g/mol. The fourth-order valence-electron chi connectivity index (χ4n) is 3.31. The third-order valence-corrected chi connectivity index (χ3v) is 4.84. The van der Waals surface area contributed by atoms with E-state index < -0.39 is 17.7 Å². The summed E-state index contributed by atoms with van der Waals surface area (Å²) in [5.41, 5.74) is 7.37. The zero-order valence-corrected chi connectivity index (χ0v) is 17.9. The van der Waals surface area contributed by atoms with Gasteiger partial charge in [-0.2, -0.15) is 0 Å². The average Bonchev–Trinajstić information content (AvgIpc) is 3.10. The third-order valence-electron chi connectivity index (χ3n) is 4.84. The second kappa shape index (κ2) is 9.78. The van der Waals surface area contributed by atoms with Gasteiger partial charge in [0.15, 0.2) is 0 Å². The molecule has 0 unspecified atom stereocenters. The van der Waals surface area contributed by atoms with Crippen molar-refractivity contribution >= 4 is 17.7 Å². The van der Waals surface area contributed by atoms with Gasteiger partial charge >= 0.3 is 0 Å². The Balaban J connectivity index is 1.59. The first kappa shape index (κ1) is 22.5. The number of nitrogens with zero attached hydrogens (tertiary/aromatic N) is 1. The number of amides is 3. The lowest BCUT2D eigenvalue weighted by atomic mass is 10.2. The van der Waals surface area contributed by atoms with Gasteiger partial charge in [0.2, 0.25) is 0 Å². The van der Waals surface area contributed by atoms with Gasteiger partial charge in [0, 0.05) is 17.1 Å². The lowest BCUT2D eigenvalue weighted by Gasteiger charge is -2.11. The molecule has 8 nitrogen and oxygen atoms in total. The van der Waals surface area contributed by atoms with Crippen LogP contribution >= 0.6 is 0 Å². The van der Waals surface area contributed by atoms with Crippen LogP contribution in [0.3, 0.4) is 0 Å². The lowest BCUT2D eigenvalue weighted by Crippen LogP contribution is -2.46. The molecule has 3 amide bonds. The Morgan fingerprint density at radius 2 is 1.62 bits per heavy atom. The maximum atomic E-state index is 13.2. The molecule has 1 heterocycles. The van der Waals surface area contributed by atoms with Crippen molar-refractivity contribution in [2.75, 3.05) is 13.7 Å². The molecule has 1 aromatic heterocycles. The number of aryl methyl sites for hydroxylation is 1. The molecule has 166 valence electrons. The summed E-state index contributed by atoms with van der Waals surface area (Å²) in [7, 11) is 1.45. The molecule has 9 heteroatoms. The van der Waals surface area contributed by atoms with Crippen LogP contribution in [-0.4, -0.2) is 35.9 Å². The molecule has 3 rings (SSSR count). The summed E-state index contributed by atoms with van der Waals surface area (Å²) in [6, 6.07) is 14.2. The summed E-state index contributed by atoms with van der Waals surface area (Å²) >= 11 is 0. The lowest BCUT2D eigenvalue weighted by molar-refractivity contribution is -0.120. The van der Waals surface area contributed by atoms with Crippen LogP contribution in [0.15, 0.2) is 54.6 Å². The fourth-order valence-corrected chi connectivity index (χ4v) is 3.31. The van der Waals surface area contributed by atoms with E-state index in [-0.39, 0.29) is 12.4 Å². The zero-order valence-electron chi connectivity index (χ0n) is 17.9. The summed E-state index contributed by atoms with van der Waals surface area (Å²) in [5, 5.41) is 2.47. The van der Waals surface area contributed by atoms with E-state index in [1.165, 1.54) is 19.2 Å². The van der Waals surface area contributed by atoms with Gasteiger partial charge in [-0.05, 0) is 56.3 Å². The predicted octanol–water partition coefficient (Wildman–Crippen LogP) is 2.43. The molecule has 0 aliphatic rings. The van der Waals surface area contributed by atoms with E-state index in [2.05, 4.69) is 16.2 Å². The second-order valence-corrected chi connectivity index (χ2v) is 6.98. The van der Waals surface area contributed by atoms with Gasteiger partial charge in [0.05, 0.1) is 24.8 Å². The molecule has 0 spiro atoms. The number of halogens is 1. The van der Waals surface area contributed by atoms with Crippen LogP contribution in [0.1, 0.15) is 32.1 Å². The first-order valence-corrected chi connectivity index (χ1v) is 9.77. The number of hydrogen-bond acceptors (Lipinski definition) is 4. The molecule has 0 radical (unpaired) electrons. The van der Waals surface area contributed by atoms with E-state index in [9.17, 15) is 18.8 Å². The maximum absolute atomic E-state index is 13.2. The Morgan fingerprint density at radius 1 is 0.938 bits per heavy atom. The summed E-state index contributed by atoms with van der Waals surface area (Å²) in [4.78, 5) is 36.9. The summed E-state index contributed by atoms with van der Waals surface area (Å²) < 4.78 is 20.1. The highest BCUT2D eigenvalue weighted by atomic mass is 19.1. The van der Waals surface area contributed by atoms with Crippen molar-refractivity contribution in [3.63, 3.8) is 0 Å². The predicted molar refractivity (Wildman–Crippen MR) is 116 cm³/mol. The van der Waals surface area contributed by atoms with Gasteiger partial charge in [-0.15, -0.1) is 0 Å². The number of para-hydroxylation sites is 1. The van der Waals surface area contributed by atoms with Gasteiger partial charge < -0.3 is 14.6 Å². The normalized spacial score (nSPS) is 10.4. The minimum Gasteiger partial charge on any atom is -0.496 e. The first-order valence-electron chi connectivity index (χ1n) is 9.77. The number of methoxy groups -OCH3 is 1. The molecule has 0 aliphatic carbocycles. The second-order valence-electron chi connectivity index (χ2n) is 6.98. The Bertz CT molecular complexity index is 1160. The van der Waals surface area contributed by atoms with Gasteiger partial charge in [0.25, 0.3) is 17.7 Å². The number of benzene rings is 2. The van der Waals surface area contributed by atoms with Crippen LogP contribution < -0.4 is 20.9 Å². The van der Waals surface area contributed by atoms with Crippen molar-refractivity contribution in [1.82, 2.24) is 20.7 Å². The van der Waals surface area contributed by atoms with Crippen LogP contribution in [-0.2, 0) is 4.79 Å². The van der Waals surface area contributed by atoms with E-state index >= 15 is 0 Å². The zero-order chi connectivity index (χ0) is 23.3. The molecule has 0 atom stereocenters. The summed E-state index contributed by atoms with van der Waals surface area (Å²) in [5.74, 6) is -1.57. The van der Waals surface area contributed by atoms with Crippen LogP contribution in [0.25, 0.3) is 5.69 Å². The molecular formula is C23H23FN4O4. The van der Waals surface area contributed by atoms with Crippen molar-refractivity contribution in [3.8, 4) is 11.4 Å².